The van der Waals surface area contributed by atoms with Crippen LogP contribution in [0.5, 0.6) is 0 Å². The molecule has 2 saturated heterocycles. The van der Waals surface area contributed by atoms with Crippen molar-refractivity contribution in [2.75, 3.05) is 32.7 Å². The molecule has 2 aliphatic rings. The number of hydrogen-bond donors (Lipinski definition) is 1. The summed E-state index contributed by atoms with van der Waals surface area (Å²) >= 11 is 5.81. The normalized spacial score (nSPS) is 22.4. The number of amides is 2. The maximum atomic E-state index is 13.2. The fourth-order valence-electron chi connectivity index (χ4n) is 3.02. The molecule has 1 atom stereocenters. The van der Waals surface area contributed by atoms with Crippen molar-refractivity contribution in [2.45, 2.75) is 18.4 Å². The molecule has 5 nitrogen and oxygen atoms in total. The van der Waals surface area contributed by atoms with Gasteiger partial charge in [-0.2, -0.15) is 0 Å². The van der Waals surface area contributed by atoms with Crippen molar-refractivity contribution in [2.24, 2.45) is 0 Å². The topological polar surface area (TPSA) is 52.7 Å². The number of nitrogens with one attached hydrogen (secondary N) is 1. The number of alkyl halides is 2. The average molecular weight is 394 g/mol. The number of rotatable bonds is 2. The summed E-state index contributed by atoms with van der Waals surface area (Å²) in [7, 11) is 0. The van der Waals surface area contributed by atoms with E-state index in [0.29, 0.717) is 36.8 Å². The van der Waals surface area contributed by atoms with Crippen molar-refractivity contribution in [3.05, 3.63) is 34.9 Å². The second kappa shape index (κ2) is 7.85. The van der Waals surface area contributed by atoms with Gasteiger partial charge < -0.3 is 9.80 Å². The first-order chi connectivity index (χ1) is 11.4. The quantitative estimate of drug-likeness (QED) is 0.836. The summed E-state index contributed by atoms with van der Waals surface area (Å²) in [6.07, 6.45) is -0.463. The Balaban J connectivity index is 0.00000225. The minimum absolute atomic E-state index is 0. The fraction of sp³-hybridized carbons (Fsp3) is 0.500. The molecule has 2 heterocycles. The molecule has 0 aliphatic carbocycles. The Kier molecular flexibility index (Phi) is 6.24. The number of nitrogens with zero attached hydrogens (tertiary/aromatic N) is 2. The zero-order valence-corrected chi connectivity index (χ0v) is 15.0. The molecule has 0 spiro atoms. The third-order valence-corrected chi connectivity index (χ3v) is 4.63. The lowest BCUT2D eigenvalue weighted by atomic mass is 10.1. The van der Waals surface area contributed by atoms with Crippen LogP contribution in [0.15, 0.2) is 24.3 Å². The number of carbonyl (C=O) groups is 2. The molecule has 9 heteroatoms. The second-order valence-corrected chi connectivity index (χ2v) is 6.55. The molecule has 1 aromatic carbocycles. The van der Waals surface area contributed by atoms with Gasteiger partial charge >= 0.3 is 0 Å². The molecule has 0 bridgehead atoms. The molecule has 2 aliphatic heterocycles. The Morgan fingerprint density at radius 2 is 1.64 bits per heavy atom. The van der Waals surface area contributed by atoms with Gasteiger partial charge in [-0.15, -0.1) is 12.4 Å². The molecule has 0 radical (unpaired) electrons. The molecule has 1 N–H and O–H groups in total. The van der Waals surface area contributed by atoms with E-state index in [4.69, 9.17) is 11.6 Å². The second-order valence-electron chi connectivity index (χ2n) is 6.12. The third kappa shape index (κ3) is 4.59. The Bertz CT molecular complexity index is 635. The largest absolute Gasteiger partial charge is 0.338 e. The summed E-state index contributed by atoms with van der Waals surface area (Å²) in [6.45, 7) is 1.01. The van der Waals surface area contributed by atoms with Gasteiger partial charge in [0.05, 0.1) is 12.6 Å². The van der Waals surface area contributed by atoms with Crippen LogP contribution in [-0.2, 0) is 4.79 Å². The van der Waals surface area contributed by atoms with Crippen molar-refractivity contribution in [1.29, 1.82) is 0 Å². The Hall–Kier alpha value is -1.44. The van der Waals surface area contributed by atoms with Gasteiger partial charge in [0.2, 0.25) is 5.91 Å². The molecule has 1 unspecified atom stereocenters. The van der Waals surface area contributed by atoms with Crippen LogP contribution in [-0.4, -0.2) is 66.3 Å². The number of halogens is 4. The standard InChI is InChI=1S/C16H18ClF2N3O2.ClH/c17-12-3-1-11(2-4-12)14(23)21-5-7-22(8-6-21)15(24)13-9-16(18,19)10-20-13;/h1-4,13,20H,5-10H2;1H. The van der Waals surface area contributed by atoms with E-state index in [1.807, 2.05) is 0 Å². The summed E-state index contributed by atoms with van der Waals surface area (Å²) < 4.78 is 26.4. The van der Waals surface area contributed by atoms with Crippen LogP contribution in [0.25, 0.3) is 0 Å². The highest BCUT2D eigenvalue weighted by molar-refractivity contribution is 6.30. The Morgan fingerprint density at radius 3 is 2.16 bits per heavy atom. The maximum Gasteiger partial charge on any atom is 0.262 e. The van der Waals surface area contributed by atoms with E-state index in [0.717, 1.165) is 0 Å². The van der Waals surface area contributed by atoms with Gasteiger partial charge in [0.1, 0.15) is 0 Å². The van der Waals surface area contributed by atoms with Gasteiger partial charge in [-0.3, -0.25) is 14.9 Å². The van der Waals surface area contributed by atoms with E-state index < -0.39 is 24.9 Å². The van der Waals surface area contributed by atoms with Gasteiger partial charge in [0, 0.05) is 43.2 Å². The fourth-order valence-corrected chi connectivity index (χ4v) is 3.14. The first kappa shape index (κ1) is 19.9. The van der Waals surface area contributed by atoms with Crippen LogP contribution in [0.3, 0.4) is 0 Å². The van der Waals surface area contributed by atoms with Gasteiger partial charge in [-0.05, 0) is 24.3 Å². The van der Waals surface area contributed by atoms with Gasteiger partial charge in [0.25, 0.3) is 11.8 Å². The summed E-state index contributed by atoms with van der Waals surface area (Å²) in [5.74, 6) is -3.26. The van der Waals surface area contributed by atoms with Crippen molar-refractivity contribution < 1.29 is 18.4 Å². The molecule has 1 aromatic rings. The lowest BCUT2D eigenvalue weighted by Crippen LogP contribution is -2.54. The molecule has 138 valence electrons. The van der Waals surface area contributed by atoms with Crippen LogP contribution in [0.2, 0.25) is 5.02 Å². The molecule has 0 aromatic heterocycles. The highest BCUT2D eigenvalue weighted by atomic mass is 35.5. The first-order valence-corrected chi connectivity index (χ1v) is 8.18. The third-order valence-electron chi connectivity index (χ3n) is 4.38. The van der Waals surface area contributed by atoms with E-state index in [2.05, 4.69) is 5.32 Å². The summed E-state index contributed by atoms with van der Waals surface area (Å²) in [5.41, 5.74) is 0.538. The SMILES string of the molecule is Cl.O=C(c1ccc(Cl)cc1)N1CCN(C(=O)C2CC(F)(F)CN2)CC1. The molecule has 2 fully saturated rings. The predicted octanol–water partition coefficient (Wildman–Crippen LogP) is 2.04. The lowest BCUT2D eigenvalue weighted by Gasteiger charge is -2.36. The number of piperazine rings is 1. The number of carbonyl (C=O) groups excluding carboxylic acids is 2. The van der Waals surface area contributed by atoms with E-state index in [9.17, 15) is 18.4 Å². The zero-order chi connectivity index (χ0) is 17.3. The predicted molar refractivity (Wildman–Crippen MR) is 92.5 cm³/mol. The van der Waals surface area contributed by atoms with Crippen LogP contribution < -0.4 is 5.32 Å². The van der Waals surface area contributed by atoms with E-state index >= 15 is 0 Å². The lowest BCUT2D eigenvalue weighted by molar-refractivity contribution is -0.135. The molecule has 0 saturated carbocycles. The van der Waals surface area contributed by atoms with E-state index in [1.54, 1.807) is 34.1 Å². The average Bonchev–Trinajstić information content (AvgIpc) is 2.94. The number of benzene rings is 1. The smallest absolute Gasteiger partial charge is 0.262 e. The number of hydrogen-bond acceptors (Lipinski definition) is 3. The minimum atomic E-state index is -2.83. The first-order valence-electron chi connectivity index (χ1n) is 7.80. The molecular formula is C16H19Cl2F2N3O2. The molecular weight excluding hydrogens is 375 g/mol. The summed E-state index contributed by atoms with van der Waals surface area (Å²) in [6, 6.07) is 5.79. The van der Waals surface area contributed by atoms with Crippen LogP contribution in [0, 0.1) is 0 Å². The van der Waals surface area contributed by atoms with Crippen molar-refractivity contribution in [3.8, 4) is 0 Å². The van der Waals surface area contributed by atoms with E-state index in [-0.39, 0.29) is 24.2 Å². The van der Waals surface area contributed by atoms with Crippen molar-refractivity contribution >= 4 is 35.8 Å². The van der Waals surface area contributed by atoms with Crippen molar-refractivity contribution in [3.63, 3.8) is 0 Å². The highest BCUT2D eigenvalue weighted by Gasteiger charge is 2.43. The van der Waals surface area contributed by atoms with Crippen LogP contribution >= 0.6 is 24.0 Å². The molecule has 25 heavy (non-hydrogen) atoms. The zero-order valence-electron chi connectivity index (χ0n) is 13.4. The van der Waals surface area contributed by atoms with Gasteiger partial charge in [0.15, 0.2) is 0 Å². The Morgan fingerprint density at radius 1 is 1.08 bits per heavy atom. The highest BCUT2D eigenvalue weighted by Crippen LogP contribution is 2.26. The Labute approximate surface area is 155 Å². The van der Waals surface area contributed by atoms with Gasteiger partial charge in [-0.25, -0.2) is 8.78 Å². The minimum Gasteiger partial charge on any atom is -0.338 e. The molecule has 2 amide bonds. The monoisotopic (exact) mass is 393 g/mol. The summed E-state index contributed by atoms with van der Waals surface area (Å²) in [5, 5.41) is 3.13. The summed E-state index contributed by atoms with van der Waals surface area (Å²) in [4.78, 5) is 27.9. The van der Waals surface area contributed by atoms with Crippen molar-refractivity contribution in [1.82, 2.24) is 15.1 Å². The molecule has 3 rings (SSSR count). The van der Waals surface area contributed by atoms with Crippen LogP contribution in [0.4, 0.5) is 8.78 Å². The maximum absolute atomic E-state index is 13.2. The van der Waals surface area contributed by atoms with E-state index in [1.165, 1.54) is 0 Å². The van der Waals surface area contributed by atoms with Gasteiger partial charge in [-0.1, -0.05) is 11.6 Å². The van der Waals surface area contributed by atoms with Crippen LogP contribution in [0.1, 0.15) is 16.8 Å².